The average molecular weight is 276 g/mol. The summed E-state index contributed by atoms with van der Waals surface area (Å²) < 4.78 is 5.78. The van der Waals surface area contributed by atoms with Gasteiger partial charge < -0.3 is 4.74 Å². The van der Waals surface area contributed by atoms with Gasteiger partial charge in [-0.2, -0.15) is 0 Å². The maximum atomic E-state index is 12.0. The van der Waals surface area contributed by atoms with E-state index in [9.17, 15) is 4.79 Å². The zero-order valence-electron chi connectivity index (χ0n) is 12.5. The summed E-state index contributed by atoms with van der Waals surface area (Å²) in [7, 11) is -1.33. The van der Waals surface area contributed by atoms with Crippen molar-refractivity contribution < 1.29 is 9.53 Å². The number of cyclic esters (lactones) is 1. The molecule has 0 aliphatic carbocycles. The molecule has 0 amide bonds. The topological polar surface area (TPSA) is 26.3 Å². The summed E-state index contributed by atoms with van der Waals surface area (Å²) in [5.41, 5.74) is 1.45. The molecule has 0 bridgehead atoms. The van der Waals surface area contributed by atoms with Crippen molar-refractivity contribution >= 4 is 14.0 Å². The van der Waals surface area contributed by atoms with Crippen LogP contribution >= 0.6 is 0 Å². The number of ether oxygens (including phenoxy) is 1. The standard InChI is InChI=1S/C16H24O2Si/c1-5-19(6-2,7-3)12-16(4)14-11-9-8-10-13(14)15(17)18-16/h8-11H,5-7,12H2,1-4H3. The molecule has 1 unspecified atom stereocenters. The van der Waals surface area contributed by atoms with E-state index in [1.807, 2.05) is 18.2 Å². The molecule has 19 heavy (non-hydrogen) atoms. The number of fused-ring (bicyclic) bond motifs is 1. The molecule has 0 spiro atoms. The lowest BCUT2D eigenvalue weighted by Gasteiger charge is -2.36. The Hall–Kier alpha value is -1.09. The second-order valence-corrected chi connectivity index (χ2v) is 11.4. The minimum Gasteiger partial charge on any atom is -0.451 e. The molecule has 1 aliphatic heterocycles. The first-order valence-electron chi connectivity index (χ1n) is 7.33. The molecule has 0 saturated heterocycles. The van der Waals surface area contributed by atoms with E-state index in [2.05, 4.69) is 33.8 Å². The van der Waals surface area contributed by atoms with Crippen molar-refractivity contribution in [2.24, 2.45) is 0 Å². The summed E-state index contributed by atoms with van der Waals surface area (Å²) >= 11 is 0. The van der Waals surface area contributed by atoms with Gasteiger partial charge in [-0.3, -0.25) is 0 Å². The summed E-state index contributed by atoms with van der Waals surface area (Å²) in [6.45, 7) is 8.99. The van der Waals surface area contributed by atoms with Crippen LogP contribution in [0.3, 0.4) is 0 Å². The van der Waals surface area contributed by atoms with Crippen LogP contribution in [0.1, 0.15) is 43.6 Å². The molecule has 0 radical (unpaired) electrons. The molecule has 1 atom stereocenters. The van der Waals surface area contributed by atoms with Gasteiger partial charge in [0.25, 0.3) is 0 Å². The summed E-state index contributed by atoms with van der Waals surface area (Å²) in [6.07, 6.45) is 0. The summed E-state index contributed by atoms with van der Waals surface area (Å²) in [4.78, 5) is 12.0. The molecule has 0 aromatic heterocycles. The third-order valence-electron chi connectivity index (χ3n) is 5.00. The maximum absolute atomic E-state index is 12.0. The Morgan fingerprint density at radius 2 is 1.68 bits per heavy atom. The van der Waals surface area contributed by atoms with Crippen LogP contribution in [0.4, 0.5) is 0 Å². The minimum absolute atomic E-state index is 0.149. The van der Waals surface area contributed by atoms with Gasteiger partial charge in [0, 0.05) is 5.56 Å². The first kappa shape index (κ1) is 14.3. The van der Waals surface area contributed by atoms with E-state index in [0.717, 1.165) is 17.2 Å². The van der Waals surface area contributed by atoms with Crippen molar-refractivity contribution in [3.63, 3.8) is 0 Å². The Morgan fingerprint density at radius 3 is 2.26 bits per heavy atom. The fraction of sp³-hybridized carbons (Fsp3) is 0.562. The van der Waals surface area contributed by atoms with E-state index in [-0.39, 0.29) is 5.97 Å². The molecule has 2 nitrogen and oxygen atoms in total. The van der Waals surface area contributed by atoms with Crippen LogP contribution < -0.4 is 0 Å². The van der Waals surface area contributed by atoms with Crippen molar-refractivity contribution in [2.45, 2.75) is 57.5 Å². The smallest absolute Gasteiger partial charge is 0.339 e. The van der Waals surface area contributed by atoms with Crippen molar-refractivity contribution in [1.82, 2.24) is 0 Å². The van der Waals surface area contributed by atoms with E-state index in [0.29, 0.717) is 0 Å². The van der Waals surface area contributed by atoms with E-state index < -0.39 is 13.7 Å². The Bertz CT molecular complexity index is 471. The molecule has 0 N–H and O–H groups in total. The van der Waals surface area contributed by atoms with Crippen molar-refractivity contribution in [2.75, 3.05) is 0 Å². The van der Waals surface area contributed by atoms with Gasteiger partial charge in [0.2, 0.25) is 0 Å². The third kappa shape index (κ3) is 2.36. The van der Waals surface area contributed by atoms with Crippen molar-refractivity contribution in [3.8, 4) is 0 Å². The molecule has 1 aliphatic rings. The lowest BCUT2D eigenvalue weighted by atomic mass is 9.96. The molecule has 2 rings (SSSR count). The number of carbonyl (C=O) groups is 1. The SMILES string of the molecule is CC[Si](CC)(CC)CC1(C)OC(=O)c2ccccc21. The Morgan fingerprint density at radius 1 is 1.11 bits per heavy atom. The molecular formula is C16H24O2Si. The second kappa shape index (κ2) is 5.12. The van der Waals surface area contributed by atoms with Crippen LogP contribution in [0.2, 0.25) is 24.2 Å². The number of hydrogen-bond donors (Lipinski definition) is 0. The molecule has 1 aromatic rings. The average Bonchev–Trinajstić information content (AvgIpc) is 2.69. The number of carbonyl (C=O) groups excluding carboxylic acids is 1. The summed E-state index contributed by atoms with van der Waals surface area (Å²) in [5, 5.41) is 0. The van der Waals surface area contributed by atoms with Gasteiger partial charge in [-0.1, -0.05) is 57.1 Å². The van der Waals surface area contributed by atoms with E-state index >= 15 is 0 Å². The van der Waals surface area contributed by atoms with Gasteiger partial charge in [0.05, 0.1) is 13.6 Å². The van der Waals surface area contributed by atoms with Gasteiger partial charge in [-0.25, -0.2) is 4.79 Å². The van der Waals surface area contributed by atoms with E-state index in [1.165, 1.54) is 18.1 Å². The highest BCUT2D eigenvalue weighted by atomic mass is 28.3. The lowest BCUT2D eigenvalue weighted by molar-refractivity contribution is 0.00882. The molecule has 104 valence electrons. The van der Waals surface area contributed by atoms with E-state index in [4.69, 9.17) is 4.74 Å². The zero-order valence-corrected chi connectivity index (χ0v) is 13.5. The van der Waals surface area contributed by atoms with Crippen LogP contribution in [0.15, 0.2) is 24.3 Å². The maximum Gasteiger partial charge on any atom is 0.339 e. The highest BCUT2D eigenvalue weighted by Gasteiger charge is 2.46. The van der Waals surface area contributed by atoms with Gasteiger partial charge in [0.15, 0.2) is 0 Å². The Labute approximate surface area is 117 Å². The fourth-order valence-electron chi connectivity index (χ4n) is 3.41. The summed E-state index contributed by atoms with van der Waals surface area (Å²) in [5.74, 6) is -0.149. The number of benzene rings is 1. The Balaban J connectivity index is 2.38. The normalized spacial score (nSPS) is 22.2. The van der Waals surface area contributed by atoms with Crippen LogP contribution in [0, 0.1) is 0 Å². The number of hydrogen-bond acceptors (Lipinski definition) is 2. The predicted octanol–water partition coefficient (Wildman–Crippen LogP) is 4.58. The van der Waals surface area contributed by atoms with E-state index in [1.54, 1.807) is 0 Å². The second-order valence-electron chi connectivity index (χ2n) is 5.90. The predicted molar refractivity (Wildman–Crippen MR) is 81.2 cm³/mol. The first-order valence-corrected chi connectivity index (χ1v) is 10.2. The van der Waals surface area contributed by atoms with Gasteiger partial charge in [-0.05, 0) is 19.0 Å². The highest BCUT2D eigenvalue weighted by Crippen LogP contribution is 2.44. The molecular weight excluding hydrogens is 252 g/mol. The largest absolute Gasteiger partial charge is 0.451 e. The van der Waals surface area contributed by atoms with Crippen LogP contribution in [-0.2, 0) is 10.3 Å². The lowest BCUT2D eigenvalue weighted by Crippen LogP contribution is -2.40. The minimum atomic E-state index is -1.33. The zero-order chi connectivity index (χ0) is 14.1. The van der Waals surface area contributed by atoms with Crippen LogP contribution in [0.25, 0.3) is 0 Å². The Kier molecular flexibility index (Phi) is 3.86. The molecule has 0 fully saturated rings. The molecule has 1 heterocycles. The van der Waals surface area contributed by atoms with Gasteiger partial charge in [-0.15, -0.1) is 0 Å². The quantitative estimate of drug-likeness (QED) is 0.581. The number of esters is 1. The van der Waals surface area contributed by atoms with Gasteiger partial charge in [0.1, 0.15) is 5.60 Å². The van der Waals surface area contributed by atoms with Crippen molar-refractivity contribution in [3.05, 3.63) is 35.4 Å². The molecule has 3 heteroatoms. The third-order valence-corrected chi connectivity index (χ3v) is 10.9. The van der Waals surface area contributed by atoms with Crippen molar-refractivity contribution in [1.29, 1.82) is 0 Å². The fourth-order valence-corrected chi connectivity index (χ4v) is 7.35. The first-order chi connectivity index (χ1) is 9.00. The highest BCUT2D eigenvalue weighted by molar-refractivity contribution is 6.79. The number of rotatable bonds is 5. The van der Waals surface area contributed by atoms with Crippen LogP contribution in [-0.4, -0.2) is 14.0 Å². The van der Waals surface area contributed by atoms with Gasteiger partial charge >= 0.3 is 5.97 Å². The summed E-state index contributed by atoms with van der Waals surface area (Å²) in [6, 6.07) is 12.7. The molecule has 0 saturated carbocycles. The molecule has 1 aromatic carbocycles. The monoisotopic (exact) mass is 276 g/mol. The van der Waals surface area contributed by atoms with Crippen LogP contribution in [0.5, 0.6) is 0 Å².